The molecule has 4 rings (SSSR count). The molecule has 4 nitrogen and oxygen atoms in total. The Hall–Kier alpha value is 0.570. The summed E-state index contributed by atoms with van der Waals surface area (Å²) in [5.74, 6) is 0. The van der Waals surface area contributed by atoms with Gasteiger partial charge in [-0.05, 0) is 4.93 Å². The van der Waals surface area contributed by atoms with Gasteiger partial charge in [-0.2, -0.15) is 0 Å². The minimum absolute atomic E-state index is 0.0781. The van der Waals surface area contributed by atoms with Gasteiger partial charge < -0.3 is 5.73 Å². The number of alkyl halides is 1. The molecule has 0 saturated carbocycles. The van der Waals surface area contributed by atoms with Gasteiger partial charge in [-0.1, -0.05) is 22.6 Å². The van der Waals surface area contributed by atoms with Gasteiger partial charge >= 0.3 is 0 Å². The predicted molar refractivity (Wildman–Crippen MR) is 61.6 cm³/mol. The van der Waals surface area contributed by atoms with Crippen LogP contribution in [0.1, 0.15) is 0 Å². The van der Waals surface area contributed by atoms with Gasteiger partial charge in [-0.3, -0.25) is 14.7 Å². The molecule has 0 spiro atoms. The van der Waals surface area contributed by atoms with Crippen LogP contribution in [-0.4, -0.2) is 64.8 Å². The van der Waals surface area contributed by atoms with Crippen LogP contribution in [0.2, 0.25) is 0 Å². The second-order valence-corrected chi connectivity index (χ2v) is 4.27. The van der Waals surface area contributed by atoms with Crippen LogP contribution in [-0.2, 0) is 0 Å². The highest BCUT2D eigenvalue weighted by Gasteiger charge is 2.45. The Labute approximate surface area is 93.2 Å². The average molecular weight is 296 g/mol. The van der Waals surface area contributed by atoms with Crippen molar-refractivity contribution in [1.29, 1.82) is 0 Å². The lowest BCUT2D eigenvalue weighted by Crippen LogP contribution is -2.78. The SMILES string of the molecule is CI.NC12CN3CN(CN(C3)C1)C2. The fourth-order valence-corrected chi connectivity index (χ4v) is 2.77. The highest BCUT2D eigenvalue weighted by atomic mass is 127. The summed E-state index contributed by atoms with van der Waals surface area (Å²) >= 11 is 2.15. The van der Waals surface area contributed by atoms with Gasteiger partial charge in [0.15, 0.2) is 0 Å². The van der Waals surface area contributed by atoms with E-state index in [2.05, 4.69) is 37.3 Å². The lowest BCUT2D eigenvalue weighted by molar-refractivity contribution is -0.140. The molecule has 0 aromatic heterocycles. The van der Waals surface area contributed by atoms with Crippen molar-refractivity contribution in [3.63, 3.8) is 0 Å². The lowest BCUT2D eigenvalue weighted by atomic mass is 9.92. The summed E-state index contributed by atoms with van der Waals surface area (Å²) in [7, 11) is 0. The van der Waals surface area contributed by atoms with Gasteiger partial charge in [0.2, 0.25) is 0 Å². The number of halogens is 1. The average Bonchev–Trinajstić information content (AvgIpc) is 2.02. The van der Waals surface area contributed by atoms with E-state index in [-0.39, 0.29) is 5.54 Å². The Balaban J connectivity index is 0.000000308. The molecule has 4 saturated heterocycles. The summed E-state index contributed by atoms with van der Waals surface area (Å²) in [6.07, 6.45) is 0. The molecule has 0 aromatic carbocycles. The zero-order valence-electron chi connectivity index (χ0n) is 8.04. The Kier molecular flexibility index (Phi) is 2.81. The standard InChI is InChI=1S/C7H14N4.CH3I/c8-7-1-9-4-10(2-7)6-11(3-7)5-9;1-2/h1-6,8H2;1H3. The largest absolute Gasteiger partial charge is 0.322 e. The summed E-state index contributed by atoms with van der Waals surface area (Å²) in [5.41, 5.74) is 6.27. The zero-order valence-corrected chi connectivity index (χ0v) is 10.2. The van der Waals surface area contributed by atoms with E-state index < -0.39 is 0 Å². The highest BCUT2D eigenvalue weighted by Crippen LogP contribution is 2.26. The topological polar surface area (TPSA) is 35.7 Å². The number of nitrogens with zero attached hydrogens (tertiary/aromatic N) is 3. The summed E-state index contributed by atoms with van der Waals surface area (Å²) in [4.78, 5) is 9.25. The van der Waals surface area contributed by atoms with Crippen LogP contribution in [0.5, 0.6) is 0 Å². The molecule has 0 aromatic rings. The second kappa shape index (κ2) is 3.62. The van der Waals surface area contributed by atoms with Crippen LogP contribution in [0.25, 0.3) is 0 Å². The van der Waals surface area contributed by atoms with Crippen molar-refractivity contribution in [3.05, 3.63) is 0 Å². The molecular formula is C8H17IN4. The van der Waals surface area contributed by atoms with E-state index >= 15 is 0 Å². The number of rotatable bonds is 0. The molecule has 13 heavy (non-hydrogen) atoms. The smallest absolute Gasteiger partial charge is 0.0544 e. The molecule has 4 aliphatic heterocycles. The van der Waals surface area contributed by atoms with Crippen LogP contribution >= 0.6 is 22.6 Å². The molecule has 0 atom stereocenters. The Morgan fingerprint density at radius 2 is 1.23 bits per heavy atom. The van der Waals surface area contributed by atoms with Crippen molar-refractivity contribution >= 4 is 22.6 Å². The van der Waals surface area contributed by atoms with Gasteiger partial charge in [-0.15, -0.1) is 0 Å². The molecule has 0 unspecified atom stereocenters. The maximum absolute atomic E-state index is 6.20. The van der Waals surface area contributed by atoms with E-state index in [9.17, 15) is 0 Å². The van der Waals surface area contributed by atoms with Crippen molar-refractivity contribution in [1.82, 2.24) is 14.7 Å². The number of hydrogen-bond donors (Lipinski definition) is 1. The first-order valence-corrected chi connectivity index (χ1v) is 6.73. The normalized spacial score (nSPS) is 51.5. The minimum Gasteiger partial charge on any atom is -0.322 e. The van der Waals surface area contributed by atoms with E-state index in [0.29, 0.717) is 0 Å². The zero-order chi connectivity index (χ0) is 9.47. The monoisotopic (exact) mass is 296 g/mol. The third-order valence-corrected chi connectivity index (χ3v) is 2.82. The van der Waals surface area contributed by atoms with E-state index in [1.807, 2.05) is 4.93 Å². The molecule has 0 radical (unpaired) electrons. The molecule has 76 valence electrons. The van der Waals surface area contributed by atoms with E-state index in [0.717, 1.165) is 39.6 Å². The third-order valence-electron chi connectivity index (χ3n) is 2.82. The van der Waals surface area contributed by atoms with Gasteiger partial charge in [-0.25, -0.2) is 0 Å². The maximum atomic E-state index is 6.20. The Bertz CT molecular complexity index is 161. The van der Waals surface area contributed by atoms with Crippen LogP contribution < -0.4 is 5.73 Å². The molecule has 0 amide bonds. The van der Waals surface area contributed by atoms with Gasteiger partial charge in [0.1, 0.15) is 0 Å². The van der Waals surface area contributed by atoms with Crippen LogP contribution in [0, 0.1) is 0 Å². The fraction of sp³-hybridized carbons (Fsp3) is 1.00. The van der Waals surface area contributed by atoms with Gasteiger partial charge in [0.05, 0.1) is 25.5 Å². The summed E-state index contributed by atoms with van der Waals surface area (Å²) in [6.45, 7) is 6.69. The molecule has 0 aliphatic carbocycles. The van der Waals surface area contributed by atoms with Crippen molar-refractivity contribution in [2.45, 2.75) is 5.54 Å². The predicted octanol–water partition coefficient (Wildman–Crippen LogP) is -0.446. The third kappa shape index (κ3) is 1.85. The molecule has 4 fully saturated rings. The first-order chi connectivity index (χ1) is 6.23. The van der Waals surface area contributed by atoms with Crippen molar-refractivity contribution in [2.75, 3.05) is 44.6 Å². The Morgan fingerprint density at radius 1 is 0.923 bits per heavy atom. The Morgan fingerprint density at radius 3 is 1.46 bits per heavy atom. The summed E-state index contributed by atoms with van der Waals surface area (Å²) < 4.78 is 0. The minimum atomic E-state index is 0.0781. The van der Waals surface area contributed by atoms with E-state index in [1.54, 1.807) is 0 Å². The van der Waals surface area contributed by atoms with Crippen molar-refractivity contribution in [2.24, 2.45) is 5.73 Å². The maximum Gasteiger partial charge on any atom is 0.0544 e. The molecule has 5 heteroatoms. The molecule has 4 aliphatic rings. The second-order valence-electron chi connectivity index (χ2n) is 4.27. The van der Waals surface area contributed by atoms with Crippen LogP contribution in [0.3, 0.4) is 0 Å². The van der Waals surface area contributed by atoms with Gasteiger partial charge in [0.25, 0.3) is 0 Å². The lowest BCUT2D eigenvalue weighted by Gasteiger charge is -2.59. The molecule has 2 N–H and O–H groups in total. The van der Waals surface area contributed by atoms with Crippen molar-refractivity contribution in [3.8, 4) is 0 Å². The van der Waals surface area contributed by atoms with Crippen molar-refractivity contribution < 1.29 is 0 Å². The first-order valence-electron chi connectivity index (χ1n) is 4.57. The quantitative estimate of drug-likeness (QED) is 0.485. The molecule has 4 bridgehead atoms. The van der Waals surface area contributed by atoms with E-state index in [1.165, 1.54) is 0 Å². The highest BCUT2D eigenvalue weighted by molar-refractivity contribution is 14.1. The van der Waals surface area contributed by atoms with E-state index in [4.69, 9.17) is 5.73 Å². The summed E-state index contributed by atoms with van der Waals surface area (Å²) in [6, 6.07) is 0. The molecule has 4 heterocycles. The number of hydrogen-bond acceptors (Lipinski definition) is 4. The van der Waals surface area contributed by atoms with Crippen LogP contribution in [0.15, 0.2) is 0 Å². The molecular weight excluding hydrogens is 279 g/mol. The fourth-order valence-electron chi connectivity index (χ4n) is 2.77. The summed E-state index contributed by atoms with van der Waals surface area (Å²) in [5, 5.41) is 0. The first kappa shape index (κ1) is 10.1. The van der Waals surface area contributed by atoms with Gasteiger partial charge in [0, 0.05) is 19.6 Å². The van der Waals surface area contributed by atoms with Crippen LogP contribution in [0.4, 0.5) is 0 Å². The number of nitrogens with two attached hydrogens (primary N) is 1.